The van der Waals surface area contributed by atoms with Gasteiger partial charge in [0.05, 0.1) is 0 Å². The summed E-state index contributed by atoms with van der Waals surface area (Å²) in [5.41, 5.74) is 10.8. The van der Waals surface area contributed by atoms with Crippen LogP contribution in [-0.4, -0.2) is 25.0 Å². The van der Waals surface area contributed by atoms with Crippen LogP contribution in [0, 0.1) is 0 Å². The highest BCUT2D eigenvalue weighted by Gasteiger charge is 1.91. The van der Waals surface area contributed by atoms with Crippen molar-refractivity contribution in [3.05, 3.63) is 0 Å². The van der Waals surface area contributed by atoms with E-state index in [2.05, 4.69) is 15.3 Å². The van der Waals surface area contributed by atoms with Crippen molar-refractivity contribution in [2.75, 3.05) is 13.1 Å². The number of aliphatic imine (C=N–C) groups is 2. The minimum atomic E-state index is 0. The Labute approximate surface area is 81.3 Å². The summed E-state index contributed by atoms with van der Waals surface area (Å²) in [5.74, 6) is 0.615. The van der Waals surface area contributed by atoms with Crippen LogP contribution in [0.1, 0.15) is 28.7 Å². The third kappa shape index (κ3) is 10.7. The minimum Gasteiger partial charge on any atom is -0.370 e. The van der Waals surface area contributed by atoms with Gasteiger partial charge >= 0.3 is 0 Å². The highest BCUT2D eigenvalue weighted by Crippen LogP contribution is 1.68. The number of nitrogens with one attached hydrogen (secondary N) is 1. The zero-order chi connectivity index (χ0) is 8.69. The fraction of sp³-hybridized carbons (Fsp3) is 0.750. The number of guanidine groups is 2. The predicted octanol–water partition coefficient (Wildman–Crippen LogP) is 0.517. The van der Waals surface area contributed by atoms with E-state index in [1.807, 2.05) is 13.8 Å². The number of rotatable bonds is 2. The van der Waals surface area contributed by atoms with Crippen molar-refractivity contribution in [3.8, 4) is 0 Å². The van der Waals surface area contributed by atoms with Gasteiger partial charge in [-0.15, -0.1) is 0 Å². The molecule has 0 aliphatic rings. The first-order valence-electron chi connectivity index (χ1n) is 3.57. The lowest BCUT2D eigenvalue weighted by Gasteiger charge is -2.02. The molecule has 0 fully saturated rings. The van der Waals surface area contributed by atoms with Crippen LogP contribution < -0.4 is 16.8 Å². The van der Waals surface area contributed by atoms with E-state index in [1.165, 1.54) is 0 Å². The molecule has 0 radical (unpaired) electrons. The second kappa shape index (κ2) is 10.7. The van der Waals surface area contributed by atoms with Crippen LogP contribution in [0.25, 0.3) is 0 Å². The van der Waals surface area contributed by atoms with Gasteiger partial charge < -0.3 is 11.5 Å². The Kier molecular flexibility index (Phi) is 14.6. The van der Waals surface area contributed by atoms with Gasteiger partial charge in [-0.25, -0.2) is 0 Å². The van der Waals surface area contributed by atoms with Crippen LogP contribution in [0.15, 0.2) is 9.98 Å². The molecule has 0 unspecified atom stereocenters. The van der Waals surface area contributed by atoms with Gasteiger partial charge in [-0.1, -0.05) is 14.9 Å². The van der Waals surface area contributed by atoms with Crippen LogP contribution in [0.5, 0.6) is 0 Å². The van der Waals surface area contributed by atoms with Crippen molar-refractivity contribution in [3.63, 3.8) is 0 Å². The fourth-order valence-electron chi connectivity index (χ4n) is 0.551. The summed E-state index contributed by atoms with van der Waals surface area (Å²) in [5, 5.41) is 2.64. The van der Waals surface area contributed by atoms with Gasteiger partial charge in [0.2, 0.25) is 0 Å². The number of hydrogen-bond acceptors (Lipinski definition) is 2. The summed E-state index contributed by atoms with van der Waals surface area (Å²) in [4.78, 5) is 7.74. The fourth-order valence-corrected chi connectivity index (χ4v) is 0.551. The lowest BCUT2D eigenvalue weighted by atomic mass is 10.7. The summed E-state index contributed by atoms with van der Waals surface area (Å²) in [6.45, 7) is 5.06. The molecule has 5 nitrogen and oxygen atoms in total. The second-order valence-electron chi connectivity index (χ2n) is 1.84. The average Bonchev–Trinajstić information content (AvgIpc) is 1.87. The summed E-state index contributed by atoms with van der Waals surface area (Å²) in [7, 11) is 0. The summed E-state index contributed by atoms with van der Waals surface area (Å²) in [6.07, 6.45) is 0. The van der Waals surface area contributed by atoms with Crippen molar-refractivity contribution in [1.29, 1.82) is 0 Å². The molecule has 0 atom stereocenters. The Hall–Kier alpha value is -1.26. The Balaban J connectivity index is -0.000000500. The molecule has 0 aromatic heterocycles. The van der Waals surface area contributed by atoms with Gasteiger partial charge in [-0.2, -0.15) is 0 Å². The highest BCUT2D eigenvalue weighted by molar-refractivity contribution is 5.96. The lowest BCUT2D eigenvalue weighted by molar-refractivity contribution is 1.06. The maximum Gasteiger partial charge on any atom is 0.195 e. The Bertz CT molecular complexity index is 144. The van der Waals surface area contributed by atoms with Gasteiger partial charge in [0, 0.05) is 13.1 Å². The summed E-state index contributed by atoms with van der Waals surface area (Å²) in [6, 6.07) is 0. The first-order chi connectivity index (χ1) is 5.20. The van der Waals surface area contributed by atoms with Crippen molar-refractivity contribution >= 4 is 11.9 Å². The number of nitrogens with two attached hydrogens (primary N) is 2. The van der Waals surface area contributed by atoms with E-state index in [1.54, 1.807) is 0 Å². The molecule has 0 bridgehead atoms. The molecule has 0 saturated carbocycles. The van der Waals surface area contributed by atoms with Crippen LogP contribution in [-0.2, 0) is 0 Å². The van der Waals surface area contributed by atoms with Gasteiger partial charge in [0.15, 0.2) is 11.9 Å². The third-order valence-corrected chi connectivity index (χ3v) is 0.913. The molecule has 0 amide bonds. The Morgan fingerprint density at radius 2 is 1.31 bits per heavy atom. The molecule has 5 heteroatoms. The monoisotopic (exact) mass is 189 g/mol. The summed E-state index contributed by atoms with van der Waals surface area (Å²) < 4.78 is 0. The predicted molar refractivity (Wildman–Crippen MR) is 60.9 cm³/mol. The quantitative estimate of drug-likeness (QED) is 0.437. The average molecular weight is 189 g/mol. The number of nitrogens with zero attached hydrogens (tertiary/aromatic N) is 2. The smallest absolute Gasteiger partial charge is 0.195 e. The topological polar surface area (TPSA) is 88.8 Å². The van der Waals surface area contributed by atoms with E-state index >= 15 is 0 Å². The maximum atomic E-state index is 5.39. The molecule has 0 spiro atoms. The van der Waals surface area contributed by atoms with Crippen molar-refractivity contribution in [2.45, 2.75) is 28.7 Å². The number of hydrogen-bond donors (Lipinski definition) is 3. The van der Waals surface area contributed by atoms with E-state index in [4.69, 9.17) is 11.5 Å². The largest absolute Gasteiger partial charge is 0.370 e. The molecule has 0 aromatic rings. The third-order valence-electron chi connectivity index (χ3n) is 0.913. The molecule has 0 aromatic carbocycles. The van der Waals surface area contributed by atoms with Crippen LogP contribution in [0.4, 0.5) is 0 Å². The van der Waals surface area contributed by atoms with Crippen molar-refractivity contribution in [2.24, 2.45) is 21.5 Å². The first kappa shape index (κ1) is 17.7. The molecular weight excluding hydrogens is 166 g/mol. The zero-order valence-corrected chi connectivity index (χ0v) is 6.96. The van der Waals surface area contributed by atoms with E-state index in [0.29, 0.717) is 25.0 Å². The zero-order valence-electron chi connectivity index (χ0n) is 6.96. The molecular formula is C8H23N5. The molecule has 5 N–H and O–H groups in total. The van der Waals surface area contributed by atoms with E-state index < -0.39 is 0 Å². The first-order valence-corrected chi connectivity index (χ1v) is 3.57. The molecule has 13 heavy (non-hydrogen) atoms. The van der Waals surface area contributed by atoms with Gasteiger partial charge in [0.25, 0.3) is 0 Å². The maximum absolute atomic E-state index is 5.39. The molecule has 0 rings (SSSR count). The van der Waals surface area contributed by atoms with E-state index in [-0.39, 0.29) is 14.9 Å². The van der Waals surface area contributed by atoms with Gasteiger partial charge in [-0.05, 0) is 13.8 Å². The minimum absolute atomic E-state index is 0. The van der Waals surface area contributed by atoms with Crippen LogP contribution in [0.3, 0.4) is 0 Å². The summed E-state index contributed by atoms with van der Waals surface area (Å²) >= 11 is 0. The molecule has 0 heterocycles. The molecule has 80 valence electrons. The van der Waals surface area contributed by atoms with E-state index in [0.717, 1.165) is 0 Å². The Morgan fingerprint density at radius 3 is 1.54 bits per heavy atom. The van der Waals surface area contributed by atoms with Crippen LogP contribution >= 0.6 is 0 Å². The van der Waals surface area contributed by atoms with Gasteiger partial charge in [0.1, 0.15) is 0 Å². The molecule has 0 aliphatic carbocycles. The standard InChI is InChI=1S/C6H15N5.2CH4/c1-3-9-5(7)11-6(8)10-4-2;;/h3-4H2,1-2H3,(H5,7,8,9,10,11);2*1H4. The van der Waals surface area contributed by atoms with Gasteiger partial charge in [-0.3, -0.25) is 15.3 Å². The van der Waals surface area contributed by atoms with Crippen molar-refractivity contribution < 1.29 is 0 Å². The van der Waals surface area contributed by atoms with Crippen LogP contribution in [0.2, 0.25) is 0 Å². The van der Waals surface area contributed by atoms with E-state index in [9.17, 15) is 0 Å². The van der Waals surface area contributed by atoms with Crippen molar-refractivity contribution in [1.82, 2.24) is 5.32 Å². The lowest BCUT2D eigenvalue weighted by Crippen LogP contribution is -2.41. The second-order valence-corrected chi connectivity index (χ2v) is 1.84. The normalized spacial score (nSPS) is 11.2. The SMILES string of the molecule is C.C.CCN=C(N)NC(N)=NCC. The molecule has 0 aliphatic heterocycles. The molecule has 0 saturated heterocycles. The highest BCUT2D eigenvalue weighted by atomic mass is 15.2. The Morgan fingerprint density at radius 1 is 1.00 bits per heavy atom.